The summed E-state index contributed by atoms with van der Waals surface area (Å²) in [7, 11) is 0. The fraction of sp³-hybridized carbons (Fsp3) is 0.455. The predicted molar refractivity (Wildman–Crippen MR) is 107 cm³/mol. The molecule has 1 aromatic carbocycles. The van der Waals surface area contributed by atoms with Gasteiger partial charge in [0.15, 0.2) is 5.78 Å². The number of H-pyrrole nitrogens is 1. The van der Waals surface area contributed by atoms with E-state index < -0.39 is 0 Å². The van der Waals surface area contributed by atoms with E-state index in [1.165, 1.54) is 22.4 Å². The highest BCUT2D eigenvalue weighted by molar-refractivity contribution is 6.02. The molecule has 1 fully saturated rings. The van der Waals surface area contributed by atoms with E-state index in [-0.39, 0.29) is 11.7 Å². The summed E-state index contributed by atoms with van der Waals surface area (Å²) in [5.41, 5.74) is 6.20. The van der Waals surface area contributed by atoms with Crippen LogP contribution in [0.4, 0.5) is 5.69 Å². The number of ketones is 1. The van der Waals surface area contributed by atoms with E-state index in [1.54, 1.807) is 12.3 Å². The second kappa shape index (κ2) is 7.22. The third-order valence-corrected chi connectivity index (χ3v) is 5.75. The second-order valence-corrected chi connectivity index (χ2v) is 7.83. The first-order valence-electron chi connectivity index (χ1n) is 9.89. The maximum absolute atomic E-state index is 12.9. The van der Waals surface area contributed by atoms with Gasteiger partial charge in [-0.05, 0) is 68.4 Å². The topological polar surface area (TPSA) is 56.4 Å². The molecule has 0 saturated carbocycles. The molecule has 142 valence electrons. The second-order valence-electron chi connectivity index (χ2n) is 7.83. The molecule has 0 unspecified atom stereocenters. The molecule has 2 aliphatic rings. The number of carbonyl (C=O) groups excluding carboxylic acids is 2. The van der Waals surface area contributed by atoms with E-state index in [0.717, 1.165) is 45.3 Å². The van der Waals surface area contributed by atoms with Crippen LogP contribution in [0, 0.1) is 13.8 Å². The molecule has 0 aliphatic carbocycles. The van der Waals surface area contributed by atoms with Crippen molar-refractivity contribution in [2.24, 2.45) is 0 Å². The van der Waals surface area contributed by atoms with Gasteiger partial charge >= 0.3 is 0 Å². The minimum atomic E-state index is 0.00103. The van der Waals surface area contributed by atoms with Gasteiger partial charge in [-0.15, -0.1) is 0 Å². The Morgan fingerprint density at radius 3 is 2.59 bits per heavy atom. The van der Waals surface area contributed by atoms with Crippen molar-refractivity contribution in [2.45, 2.75) is 39.5 Å². The number of likely N-dealkylation sites (tertiary alicyclic amines) is 1. The Balaban J connectivity index is 1.50. The molecule has 0 atom stereocenters. The van der Waals surface area contributed by atoms with Gasteiger partial charge in [0.1, 0.15) is 5.69 Å². The fourth-order valence-electron chi connectivity index (χ4n) is 4.35. The van der Waals surface area contributed by atoms with Gasteiger partial charge in [0.05, 0.1) is 6.54 Å². The smallest absolute Gasteiger partial charge is 0.270 e. The molecule has 0 bridgehead atoms. The standard InChI is InChI=1S/C22H27N3O2/c1-15-10-16(2)18-6-5-9-25(20(18)11-15)14-21(26)17-12-19(23-13-17)22(27)24-7-3-4-8-24/h10-13,23H,3-9,14H2,1-2H3. The molecule has 5 nitrogen and oxygen atoms in total. The third kappa shape index (κ3) is 3.51. The molecule has 0 radical (unpaired) electrons. The van der Waals surface area contributed by atoms with E-state index in [4.69, 9.17) is 0 Å². The minimum absolute atomic E-state index is 0.00103. The van der Waals surface area contributed by atoms with Crippen molar-refractivity contribution < 1.29 is 9.59 Å². The molecule has 1 amide bonds. The minimum Gasteiger partial charge on any atom is -0.364 e. The maximum Gasteiger partial charge on any atom is 0.270 e. The van der Waals surface area contributed by atoms with Gasteiger partial charge in [0.2, 0.25) is 0 Å². The summed E-state index contributed by atoms with van der Waals surface area (Å²) >= 11 is 0. The molecule has 1 saturated heterocycles. The number of nitrogens with zero attached hydrogens (tertiary/aromatic N) is 2. The Labute approximate surface area is 160 Å². The lowest BCUT2D eigenvalue weighted by Crippen LogP contribution is -2.34. The van der Waals surface area contributed by atoms with Gasteiger partial charge in [-0.1, -0.05) is 6.07 Å². The highest BCUT2D eigenvalue weighted by Crippen LogP contribution is 2.31. The number of hydrogen-bond acceptors (Lipinski definition) is 3. The lowest BCUT2D eigenvalue weighted by molar-refractivity contribution is 0.0787. The van der Waals surface area contributed by atoms with Crippen LogP contribution in [0.25, 0.3) is 0 Å². The molecule has 4 rings (SSSR count). The Hall–Kier alpha value is -2.56. The van der Waals surface area contributed by atoms with Crippen LogP contribution >= 0.6 is 0 Å². The number of aryl methyl sites for hydroxylation is 2. The van der Waals surface area contributed by atoms with Crippen molar-refractivity contribution in [3.05, 3.63) is 52.3 Å². The highest BCUT2D eigenvalue weighted by Gasteiger charge is 2.24. The average Bonchev–Trinajstić information content (AvgIpc) is 3.34. The van der Waals surface area contributed by atoms with Crippen LogP contribution in [0.2, 0.25) is 0 Å². The number of aromatic amines is 1. The van der Waals surface area contributed by atoms with E-state index in [2.05, 4.69) is 35.9 Å². The van der Waals surface area contributed by atoms with E-state index >= 15 is 0 Å². The summed E-state index contributed by atoms with van der Waals surface area (Å²) in [5, 5.41) is 0. The van der Waals surface area contributed by atoms with E-state index in [9.17, 15) is 9.59 Å². The monoisotopic (exact) mass is 365 g/mol. The number of carbonyl (C=O) groups is 2. The highest BCUT2D eigenvalue weighted by atomic mass is 16.2. The Bertz CT molecular complexity index is 878. The predicted octanol–water partition coefficient (Wildman–Crippen LogP) is 3.50. The molecule has 1 N–H and O–H groups in total. The average molecular weight is 365 g/mol. The number of fused-ring (bicyclic) bond motifs is 1. The van der Waals surface area contributed by atoms with E-state index in [0.29, 0.717) is 17.8 Å². The lowest BCUT2D eigenvalue weighted by atomic mass is 9.94. The van der Waals surface area contributed by atoms with Crippen molar-refractivity contribution in [2.75, 3.05) is 31.1 Å². The molecular weight excluding hydrogens is 338 g/mol. The Morgan fingerprint density at radius 1 is 1.04 bits per heavy atom. The molecule has 0 spiro atoms. The zero-order chi connectivity index (χ0) is 19.0. The Morgan fingerprint density at radius 2 is 1.81 bits per heavy atom. The van der Waals surface area contributed by atoms with Crippen LogP contribution in [0.5, 0.6) is 0 Å². The van der Waals surface area contributed by atoms with Crippen LogP contribution in [0.1, 0.15) is 56.8 Å². The fourth-order valence-corrected chi connectivity index (χ4v) is 4.35. The quantitative estimate of drug-likeness (QED) is 0.844. The first-order chi connectivity index (χ1) is 13.0. The van der Waals surface area contributed by atoms with Crippen LogP contribution in [0.3, 0.4) is 0 Å². The number of nitrogens with one attached hydrogen (secondary N) is 1. The number of benzene rings is 1. The van der Waals surface area contributed by atoms with Gasteiger partial charge in [0, 0.05) is 37.1 Å². The lowest BCUT2D eigenvalue weighted by Gasteiger charge is -2.32. The number of hydrogen-bond donors (Lipinski definition) is 1. The largest absolute Gasteiger partial charge is 0.364 e. The van der Waals surface area contributed by atoms with Gasteiger partial charge in [-0.25, -0.2) is 0 Å². The van der Waals surface area contributed by atoms with Crippen LogP contribution in [-0.2, 0) is 6.42 Å². The molecule has 27 heavy (non-hydrogen) atoms. The van der Waals surface area contributed by atoms with Crippen molar-refractivity contribution in [1.29, 1.82) is 0 Å². The van der Waals surface area contributed by atoms with E-state index in [1.807, 2.05) is 4.90 Å². The SMILES string of the molecule is Cc1cc(C)c2c(c1)N(CC(=O)c1c[nH]c(C(=O)N3CCCC3)c1)CCC2. The first-order valence-corrected chi connectivity index (χ1v) is 9.89. The van der Waals surface area contributed by atoms with Crippen molar-refractivity contribution >= 4 is 17.4 Å². The third-order valence-electron chi connectivity index (χ3n) is 5.75. The van der Waals surface area contributed by atoms with Crippen LogP contribution < -0.4 is 4.90 Å². The van der Waals surface area contributed by atoms with Crippen molar-refractivity contribution in [3.63, 3.8) is 0 Å². The molecule has 3 heterocycles. The number of amides is 1. The van der Waals surface area contributed by atoms with Gasteiger partial charge in [-0.2, -0.15) is 0 Å². The molecule has 5 heteroatoms. The summed E-state index contributed by atoms with van der Waals surface area (Å²) in [6, 6.07) is 6.12. The molecule has 2 aromatic rings. The number of anilines is 1. The molecule has 1 aromatic heterocycles. The van der Waals surface area contributed by atoms with Crippen molar-refractivity contribution in [1.82, 2.24) is 9.88 Å². The zero-order valence-corrected chi connectivity index (χ0v) is 16.2. The first kappa shape index (κ1) is 17.8. The summed E-state index contributed by atoms with van der Waals surface area (Å²) in [6.07, 6.45) is 5.94. The number of Topliss-reactive ketones (excluding diaryl/α,β-unsaturated/α-hetero) is 1. The van der Waals surface area contributed by atoms with Gasteiger partial charge in [0.25, 0.3) is 5.91 Å². The number of aromatic nitrogens is 1. The molecular formula is C22H27N3O2. The van der Waals surface area contributed by atoms with Crippen molar-refractivity contribution in [3.8, 4) is 0 Å². The summed E-state index contributed by atoms with van der Waals surface area (Å²) < 4.78 is 0. The summed E-state index contributed by atoms with van der Waals surface area (Å²) in [6.45, 7) is 7.12. The van der Waals surface area contributed by atoms with Crippen LogP contribution in [-0.4, -0.2) is 47.8 Å². The number of rotatable bonds is 4. The summed E-state index contributed by atoms with van der Waals surface area (Å²) in [5.74, 6) is 0.0554. The normalized spacial score (nSPS) is 16.5. The van der Waals surface area contributed by atoms with Crippen LogP contribution in [0.15, 0.2) is 24.4 Å². The van der Waals surface area contributed by atoms with Gasteiger partial charge < -0.3 is 14.8 Å². The maximum atomic E-state index is 12.9. The zero-order valence-electron chi connectivity index (χ0n) is 16.2. The van der Waals surface area contributed by atoms with Gasteiger partial charge in [-0.3, -0.25) is 9.59 Å². The summed E-state index contributed by atoms with van der Waals surface area (Å²) in [4.78, 5) is 32.4. The Kier molecular flexibility index (Phi) is 4.77. The molecule has 2 aliphatic heterocycles.